The molecule has 1 aliphatic heterocycles. The topological polar surface area (TPSA) is 70.6 Å². The molecule has 128 valence electrons. The van der Waals surface area contributed by atoms with Gasteiger partial charge in [0.2, 0.25) is 0 Å². The summed E-state index contributed by atoms with van der Waals surface area (Å²) in [6, 6.07) is 16.5. The first-order valence-corrected chi connectivity index (χ1v) is 7.72. The number of aliphatic hydroxyl groups is 1. The second-order valence-corrected chi connectivity index (χ2v) is 5.64. The summed E-state index contributed by atoms with van der Waals surface area (Å²) in [6.45, 7) is 1.78. The Labute approximate surface area is 147 Å². The van der Waals surface area contributed by atoms with Crippen molar-refractivity contribution in [3.8, 4) is 11.5 Å². The molecular weight excluding hydrogens is 328 g/mol. The van der Waals surface area contributed by atoms with E-state index in [0.717, 1.165) is 12.3 Å². The summed E-state index contributed by atoms with van der Waals surface area (Å²) in [5.41, 5.74) is 0.575. The number of halogens is 1. The Balaban J connectivity index is 0.00000208. The number of aliphatic hydroxyl groups excluding tert-OH is 1. The van der Waals surface area contributed by atoms with Crippen LogP contribution >= 0.6 is 12.4 Å². The molecule has 2 unspecified atom stereocenters. The van der Waals surface area contributed by atoms with Gasteiger partial charge >= 0.3 is 0 Å². The highest BCUT2D eigenvalue weighted by Crippen LogP contribution is 2.21. The third-order valence-corrected chi connectivity index (χ3v) is 3.92. The molecule has 1 fully saturated rings. The molecule has 3 rings (SSSR count). The Hall–Kier alpha value is -2.08. The average Bonchev–Trinajstić information content (AvgIpc) is 2.99. The molecule has 0 aliphatic carbocycles. The Kier molecular flexibility index (Phi) is 6.61. The minimum absolute atomic E-state index is 0. The van der Waals surface area contributed by atoms with Crippen LogP contribution in [0.1, 0.15) is 10.4 Å². The van der Waals surface area contributed by atoms with Crippen LogP contribution in [0, 0.1) is 5.92 Å². The van der Waals surface area contributed by atoms with Crippen LogP contribution in [0.15, 0.2) is 54.6 Å². The SMILES string of the molecule is Cl.O=C(NCC1CNCC1O)c1ccc(Oc2ccccc2)cc1. The molecule has 0 radical (unpaired) electrons. The smallest absolute Gasteiger partial charge is 0.251 e. The molecule has 0 saturated carbocycles. The second kappa shape index (κ2) is 8.68. The molecule has 5 nitrogen and oxygen atoms in total. The molecule has 0 spiro atoms. The minimum Gasteiger partial charge on any atom is -0.457 e. The van der Waals surface area contributed by atoms with Crippen molar-refractivity contribution in [2.75, 3.05) is 19.6 Å². The second-order valence-electron chi connectivity index (χ2n) is 5.64. The fourth-order valence-electron chi connectivity index (χ4n) is 2.55. The quantitative estimate of drug-likeness (QED) is 0.774. The minimum atomic E-state index is -0.392. The van der Waals surface area contributed by atoms with Crippen LogP contribution in [0.2, 0.25) is 0 Å². The normalized spacial score (nSPS) is 19.4. The maximum Gasteiger partial charge on any atom is 0.251 e. The van der Waals surface area contributed by atoms with Gasteiger partial charge in [-0.05, 0) is 36.4 Å². The summed E-state index contributed by atoms with van der Waals surface area (Å²) >= 11 is 0. The van der Waals surface area contributed by atoms with E-state index in [0.29, 0.717) is 24.4 Å². The van der Waals surface area contributed by atoms with E-state index in [2.05, 4.69) is 10.6 Å². The number of hydrogen-bond acceptors (Lipinski definition) is 4. The number of benzene rings is 2. The van der Waals surface area contributed by atoms with Crippen molar-refractivity contribution >= 4 is 18.3 Å². The van der Waals surface area contributed by atoms with Gasteiger partial charge in [0.05, 0.1) is 6.10 Å². The number of rotatable bonds is 5. The third kappa shape index (κ3) is 4.71. The van der Waals surface area contributed by atoms with E-state index in [1.54, 1.807) is 24.3 Å². The number of carbonyl (C=O) groups excluding carboxylic acids is 1. The molecule has 24 heavy (non-hydrogen) atoms. The first kappa shape index (κ1) is 18.3. The van der Waals surface area contributed by atoms with E-state index < -0.39 is 6.10 Å². The van der Waals surface area contributed by atoms with Crippen LogP contribution in [-0.4, -0.2) is 36.8 Å². The van der Waals surface area contributed by atoms with Crippen molar-refractivity contribution in [1.29, 1.82) is 0 Å². The van der Waals surface area contributed by atoms with Crippen LogP contribution < -0.4 is 15.4 Å². The van der Waals surface area contributed by atoms with Gasteiger partial charge in [-0.25, -0.2) is 0 Å². The van der Waals surface area contributed by atoms with Crippen LogP contribution in [0.3, 0.4) is 0 Å². The van der Waals surface area contributed by atoms with Gasteiger partial charge < -0.3 is 20.5 Å². The Morgan fingerprint density at radius 3 is 2.38 bits per heavy atom. The molecular formula is C18H21ClN2O3. The third-order valence-electron chi connectivity index (χ3n) is 3.92. The predicted molar refractivity (Wildman–Crippen MR) is 94.9 cm³/mol. The van der Waals surface area contributed by atoms with Gasteiger partial charge in [0.15, 0.2) is 0 Å². The van der Waals surface area contributed by atoms with E-state index in [4.69, 9.17) is 4.74 Å². The summed E-state index contributed by atoms with van der Waals surface area (Å²) in [6.07, 6.45) is -0.392. The lowest BCUT2D eigenvalue weighted by atomic mass is 10.1. The molecule has 1 heterocycles. The van der Waals surface area contributed by atoms with Crippen LogP contribution in [0.4, 0.5) is 0 Å². The summed E-state index contributed by atoms with van der Waals surface area (Å²) in [5, 5.41) is 15.7. The van der Waals surface area contributed by atoms with E-state index in [9.17, 15) is 9.90 Å². The number of carbonyl (C=O) groups is 1. The summed E-state index contributed by atoms with van der Waals surface area (Å²) in [5.74, 6) is 1.37. The lowest BCUT2D eigenvalue weighted by Gasteiger charge is -2.14. The number of hydrogen-bond donors (Lipinski definition) is 3. The number of amides is 1. The van der Waals surface area contributed by atoms with Gasteiger partial charge in [-0.15, -0.1) is 12.4 Å². The van der Waals surface area contributed by atoms with Crippen molar-refractivity contribution in [3.05, 3.63) is 60.2 Å². The fourth-order valence-corrected chi connectivity index (χ4v) is 2.55. The molecule has 0 aromatic heterocycles. The highest BCUT2D eigenvalue weighted by Gasteiger charge is 2.25. The van der Waals surface area contributed by atoms with Crippen LogP contribution in [0.25, 0.3) is 0 Å². The van der Waals surface area contributed by atoms with Gasteiger partial charge in [0.1, 0.15) is 11.5 Å². The highest BCUT2D eigenvalue weighted by atomic mass is 35.5. The van der Waals surface area contributed by atoms with E-state index in [-0.39, 0.29) is 24.2 Å². The Morgan fingerprint density at radius 2 is 1.75 bits per heavy atom. The molecule has 2 aromatic carbocycles. The zero-order valence-corrected chi connectivity index (χ0v) is 14.0. The van der Waals surface area contributed by atoms with Gasteiger partial charge in [0, 0.05) is 31.1 Å². The molecule has 2 aromatic rings. The predicted octanol–water partition coefficient (Wildman–Crippen LogP) is 2.21. The number of para-hydroxylation sites is 1. The van der Waals surface area contributed by atoms with Crippen LogP contribution in [0.5, 0.6) is 11.5 Å². The standard InChI is InChI=1S/C18H20N2O3.ClH/c21-17-12-19-10-14(17)11-20-18(22)13-6-8-16(9-7-13)23-15-4-2-1-3-5-15;/h1-9,14,17,19,21H,10-12H2,(H,20,22);1H. The van der Waals surface area contributed by atoms with Gasteiger partial charge in [0.25, 0.3) is 5.91 Å². The first-order chi connectivity index (χ1) is 11.2. The number of nitrogens with one attached hydrogen (secondary N) is 2. The molecule has 1 saturated heterocycles. The van der Waals surface area contributed by atoms with E-state index >= 15 is 0 Å². The van der Waals surface area contributed by atoms with E-state index in [1.165, 1.54) is 0 Å². The lowest BCUT2D eigenvalue weighted by Crippen LogP contribution is -2.34. The van der Waals surface area contributed by atoms with Crippen molar-refractivity contribution in [2.24, 2.45) is 5.92 Å². The molecule has 1 amide bonds. The monoisotopic (exact) mass is 348 g/mol. The molecule has 1 aliphatic rings. The Morgan fingerprint density at radius 1 is 1.08 bits per heavy atom. The first-order valence-electron chi connectivity index (χ1n) is 7.72. The van der Waals surface area contributed by atoms with Gasteiger partial charge in [-0.1, -0.05) is 18.2 Å². The number of β-amino-alcohol motifs (C(OH)–C–C–N with tert-alkyl or cyclic N) is 1. The number of ether oxygens (including phenoxy) is 1. The summed E-state index contributed by atoms with van der Waals surface area (Å²) in [7, 11) is 0. The highest BCUT2D eigenvalue weighted by molar-refractivity contribution is 5.94. The summed E-state index contributed by atoms with van der Waals surface area (Å²) < 4.78 is 5.70. The zero-order valence-electron chi connectivity index (χ0n) is 13.1. The zero-order chi connectivity index (χ0) is 16.1. The average molecular weight is 349 g/mol. The molecule has 0 bridgehead atoms. The molecule has 3 N–H and O–H groups in total. The maximum atomic E-state index is 12.1. The van der Waals surface area contributed by atoms with E-state index in [1.807, 2.05) is 30.3 Å². The van der Waals surface area contributed by atoms with Crippen molar-refractivity contribution in [1.82, 2.24) is 10.6 Å². The maximum absolute atomic E-state index is 12.1. The lowest BCUT2D eigenvalue weighted by molar-refractivity contribution is 0.0927. The summed E-state index contributed by atoms with van der Waals surface area (Å²) in [4.78, 5) is 12.1. The molecule has 2 atom stereocenters. The van der Waals surface area contributed by atoms with Crippen LogP contribution in [-0.2, 0) is 0 Å². The van der Waals surface area contributed by atoms with Crippen molar-refractivity contribution in [2.45, 2.75) is 6.10 Å². The Bertz CT molecular complexity index is 649. The van der Waals surface area contributed by atoms with Gasteiger partial charge in [-0.3, -0.25) is 4.79 Å². The van der Waals surface area contributed by atoms with Gasteiger partial charge in [-0.2, -0.15) is 0 Å². The largest absolute Gasteiger partial charge is 0.457 e. The molecule has 6 heteroatoms. The fraction of sp³-hybridized carbons (Fsp3) is 0.278. The van der Waals surface area contributed by atoms with Crippen molar-refractivity contribution in [3.63, 3.8) is 0 Å². The van der Waals surface area contributed by atoms with Crippen molar-refractivity contribution < 1.29 is 14.6 Å².